The maximum absolute atomic E-state index is 12.4. The highest BCUT2D eigenvalue weighted by atomic mass is 16.5. The Bertz CT molecular complexity index is 1000. The summed E-state index contributed by atoms with van der Waals surface area (Å²) in [6.45, 7) is 5.39. The Kier molecular flexibility index (Phi) is 4.94. The van der Waals surface area contributed by atoms with Gasteiger partial charge in [0.15, 0.2) is 0 Å². The number of rotatable bonds is 4. The third kappa shape index (κ3) is 3.74. The number of nitrogens with zero attached hydrogens (tertiary/aromatic N) is 2. The lowest BCUT2D eigenvalue weighted by Crippen LogP contribution is -2.32. The molecule has 1 N–H and O–H groups in total. The van der Waals surface area contributed by atoms with Gasteiger partial charge in [-0.25, -0.2) is 4.98 Å². The minimum atomic E-state index is -0.113. The van der Waals surface area contributed by atoms with Crippen LogP contribution in [0.25, 0.3) is 22.3 Å². The number of nitrogens with one attached hydrogen (secondary N) is 1. The summed E-state index contributed by atoms with van der Waals surface area (Å²) in [6, 6.07) is 13.4. The molecule has 1 aromatic heterocycles. The molecular weight excluding hydrogens is 338 g/mol. The van der Waals surface area contributed by atoms with Crippen molar-refractivity contribution >= 4 is 10.9 Å². The Morgan fingerprint density at radius 1 is 1.19 bits per heavy atom. The van der Waals surface area contributed by atoms with Gasteiger partial charge in [-0.15, -0.1) is 0 Å². The first-order valence-electron chi connectivity index (χ1n) is 9.53. The smallest absolute Gasteiger partial charge is 0.259 e. The van der Waals surface area contributed by atoms with Crippen LogP contribution in [0.3, 0.4) is 0 Å². The van der Waals surface area contributed by atoms with Crippen LogP contribution in [-0.4, -0.2) is 35.1 Å². The molecule has 5 heteroatoms. The van der Waals surface area contributed by atoms with Crippen molar-refractivity contribution in [2.24, 2.45) is 5.92 Å². The largest absolute Gasteiger partial charge is 0.496 e. The number of para-hydroxylation sites is 1. The Balaban J connectivity index is 1.69. The van der Waals surface area contributed by atoms with E-state index in [1.54, 1.807) is 13.2 Å². The number of ether oxygens (including phenoxy) is 1. The van der Waals surface area contributed by atoms with Gasteiger partial charge in [-0.3, -0.25) is 9.69 Å². The molecule has 0 saturated carbocycles. The van der Waals surface area contributed by atoms with Crippen LogP contribution in [-0.2, 0) is 6.54 Å². The average molecular weight is 363 g/mol. The number of piperidine rings is 1. The fraction of sp³-hybridized carbons (Fsp3) is 0.364. The van der Waals surface area contributed by atoms with Gasteiger partial charge >= 0.3 is 0 Å². The molecule has 140 valence electrons. The first-order chi connectivity index (χ1) is 13.1. The fourth-order valence-corrected chi connectivity index (χ4v) is 3.73. The zero-order valence-corrected chi connectivity index (χ0v) is 15.9. The highest BCUT2D eigenvalue weighted by Gasteiger charge is 2.18. The van der Waals surface area contributed by atoms with Crippen molar-refractivity contribution in [3.63, 3.8) is 0 Å². The molecule has 1 saturated heterocycles. The van der Waals surface area contributed by atoms with Gasteiger partial charge in [0.1, 0.15) is 11.6 Å². The van der Waals surface area contributed by atoms with E-state index in [1.807, 2.05) is 30.3 Å². The lowest BCUT2D eigenvalue weighted by atomic mass is 9.98. The second kappa shape index (κ2) is 7.53. The zero-order valence-electron chi connectivity index (χ0n) is 15.9. The number of likely N-dealkylation sites (tertiary alicyclic amines) is 1. The number of fused-ring (bicyclic) bond motifs is 1. The van der Waals surface area contributed by atoms with Crippen LogP contribution in [0.1, 0.15) is 25.3 Å². The molecule has 5 nitrogen and oxygen atoms in total. The van der Waals surface area contributed by atoms with Crippen LogP contribution < -0.4 is 10.3 Å². The van der Waals surface area contributed by atoms with Gasteiger partial charge < -0.3 is 9.72 Å². The molecule has 1 fully saturated rings. The first kappa shape index (κ1) is 17.7. The quantitative estimate of drug-likeness (QED) is 0.765. The maximum Gasteiger partial charge on any atom is 0.259 e. The molecule has 3 aromatic rings. The van der Waals surface area contributed by atoms with Gasteiger partial charge in [-0.05, 0) is 62.2 Å². The summed E-state index contributed by atoms with van der Waals surface area (Å²) in [5, 5.41) is 0.609. The van der Waals surface area contributed by atoms with Crippen LogP contribution in [0.5, 0.6) is 5.75 Å². The van der Waals surface area contributed by atoms with E-state index in [-0.39, 0.29) is 5.56 Å². The number of aromatic amines is 1. The Hall–Kier alpha value is -2.66. The molecule has 0 radical (unpaired) electrons. The predicted molar refractivity (Wildman–Crippen MR) is 108 cm³/mol. The second-order valence-electron chi connectivity index (χ2n) is 7.42. The van der Waals surface area contributed by atoms with Crippen LogP contribution in [0.15, 0.2) is 47.3 Å². The maximum atomic E-state index is 12.4. The van der Waals surface area contributed by atoms with Gasteiger partial charge in [0.2, 0.25) is 0 Å². The molecule has 0 aliphatic carbocycles. The van der Waals surface area contributed by atoms with E-state index < -0.39 is 0 Å². The Labute approximate surface area is 159 Å². The van der Waals surface area contributed by atoms with Gasteiger partial charge in [0, 0.05) is 17.7 Å². The number of hydrogen-bond donors (Lipinski definition) is 1. The van der Waals surface area contributed by atoms with Gasteiger partial charge in [-0.2, -0.15) is 0 Å². The minimum absolute atomic E-state index is 0.113. The van der Waals surface area contributed by atoms with Gasteiger partial charge in [-0.1, -0.05) is 19.1 Å². The van der Waals surface area contributed by atoms with E-state index in [4.69, 9.17) is 4.74 Å². The summed E-state index contributed by atoms with van der Waals surface area (Å²) >= 11 is 0. The van der Waals surface area contributed by atoms with Gasteiger partial charge in [0.05, 0.1) is 18.0 Å². The number of benzene rings is 2. The van der Waals surface area contributed by atoms with Crippen molar-refractivity contribution in [3.05, 3.63) is 58.4 Å². The lowest BCUT2D eigenvalue weighted by Gasteiger charge is -2.30. The third-order valence-corrected chi connectivity index (χ3v) is 5.44. The summed E-state index contributed by atoms with van der Waals surface area (Å²) < 4.78 is 5.57. The van der Waals surface area contributed by atoms with Crippen molar-refractivity contribution in [2.45, 2.75) is 26.3 Å². The monoisotopic (exact) mass is 363 g/mol. The molecule has 2 aromatic carbocycles. The van der Waals surface area contributed by atoms with E-state index in [0.717, 1.165) is 42.4 Å². The zero-order chi connectivity index (χ0) is 18.8. The van der Waals surface area contributed by atoms with Crippen molar-refractivity contribution in [1.29, 1.82) is 0 Å². The second-order valence-corrected chi connectivity index (χ2v) is 7.42. The van der Waals surface area contributed by atoms with E-state index in [2.05, 4.69) is 27.9 Å². The molecule has 0 spiro atoms. The van der Waals surface area contributed by atoms with Crippen LogP contribution in [0.4, 0.5) is 0 Å². The number of aromatic nitrogens is 2. The van der Waals surface area contributed by atoms with Crippen molar-refractivity contribution in [2.75, 3.05) is 20.2 Å². The molecule has 0 bridgehead atoms. The highest BCUT2D eigenvalue weighted by Crippen LogP contribution is 2.27. The van der Waals surface area contributed by atoms with Crippen molar-refractivity contribution < 1.29 is 4.74 Å². The number of H-pyrrole nitrogens is 1. The number of methoxy groups -OCH3 is 1. The standard InChI is InChI=1S/C22H25N3O2/c1-15-9-11-25(12-10-15)14-17-13-16(7-8-20(17)27-2)21-23-19-6-4-3-5-18(19)22(26)24-21/h3-8,13,15H,9-12,14H2,1-2H3,(H,23,24,26). The third-order valence-electron chi connectivity index (χ3n) is 5.44. The van der Waals surface area contributed by atoms with E-state index in [9.17, 15) is 4.79 Å². The summed E-state index contributed by atoms with van der Waals surface area (Å²) in [5.74, 6) is 2.27. The fourth-order valence-electron chi connectivity index (χ4n) is 3.73. The molecule has 0 unspecified atom stereocenters. The first-order valence-corrected chi connectivity index (χ1v) is 9.53. The highest BCUT2D eigenvalue weighted by molar-refractivity contribution is 5.79. The van der Waals surface area contributed by atoms with Crippen LogP contribution in [0, 0.1) is 5.92 Å². The van der Waals surface area contributed by atoms with Crippen molar-refractivity contribution in [1.82, 2.24) is 14.9 Å². The topological polar surface area (TPSA) is 58.2 Å². The lowest BCUT2D eigenvalue weighted by molar-refractivity contribution is 0.183. The summed E-state index contributed by atoms with van der Waals surface area (Å²) in [7, 11) is 1.70. The normalized spacial score (nSPS) is 15.9. The summed E-state index contributed by atoms with van der Waals surface area (Å²) in [6.07, 6.45) is 2.48. The summed E-state index contributed by atoms with van der Waals surface area (Å²) in [4.78, 5) is 22.4. The average Bonchev–Trinajstić information content (AvgIpc) is 2.69. The molecule has 2 heterocycles. The molecule has 1 aliphatic heterocycles. The van der Waals surface area contributed by atoms with E-state index in [1.165, 1.54) is 12.8 Å². The van der Waals surface area contributed by atoms with E-state index >= 15 is 0 Å². The number of hydrogen-bond acceptors (Lipinski definition) is 4. The SMILES string of the molecule is COc1ccc(-c2nc3ccccc3c(=O)[nH]2)cc1CN1CCC(C)CC1. The molecule has 0 atom stereocenters. The molecule has 0 amide bonds. The summed E-state index contributed by atoms with van der Waals surface area (Å²) in [5.41, 5.74) is 2.62. The van der Waals surface area contributed by atoms with Gasteiger partial charge in [0.25, 0.3) is 5.56 Å². The van der Waals surface area contributed by atoms with Crippen molar-refractivity contribution in [3.8, 4) is 17.1 Å². The van der Waals surface area contributed by atoms with E-state index in [0.29, 0.717) is 16.7 Å². The molecule has 1 aliphatic rings. The molecule has 4 rings (SSSR count). The Morgan fingerprint density at radius 3 is 2.74 bits per heavy atom. The van der Waals surface area contributed by atoms with Crippen LogP contribution >= 0.6 is 0 Å². The molecule has 27 heavy (non-hydrogen) atoms. The van der Waals surface area contributed by atoms with Crippen LogP contribution in [0.2, 0.25) is 0 Å². The molecular formula is C22H25N3O2. The predicted octanol–water partition coefficient (Wildman–Crippen LogP) is 3.83. The Morgan fingerprint density at radius 2 is 1.96 bits per heavy atom. The minimum Gasteiger partial charge on any atom is -0.496 e.